The molecule has 2 aromatic carbocycles. The van der Waals surface area contributed by atoms with Crippen LogP contribution in [0.2, 0.25) is 0 Å². The molecule has 0 aromatic heterocycles. The average Bonchev–Trinajstić information content (AvgIpc) is 2.59. The fourth-order valence-electron chi connectivity index (χ4n) is 1.87. The number of nitro benzene ring substituents is 1. The Morgan fingerprint density at radius 2 is 1.78 bits per heavy atom. The summed E-state index contributed by atoms with van der Waals surface area (Å²) in [7, 11) is 1.52. The summed E-state index contributed by atoms with van der Waals surface area (Å²) in [5, 5.41) is 20.5. The predicted molar refractivity (Wildman–Crippen MR) is 80.8 cm³/mol. The van der Waals surface area contributed by atoms with Crippen LogP contribution in [0.25, 0.3) is 0 Å². The number of aliphatic hydroxyl groups is 1. The number of nitro groups is 1. The average molecular weight is 317 g/mol. The minimum atomic E-state index is -1.40. The maximum Gasteiger partial charge on any atom is 0.339 e. The zero-order chi connectivity index (χ0) is 16.8. The Kier molecular flexibility index (Phi) is 5.27. The molecule has 0 radical (unpaired) electrons. The van der Waals surface area contributed by atoms with Gasteiger partial charge >= 0.3 is 5.97 Å². The van der Waals surface area contributed by atoms with Crippen LogP contribution < -0.4 is 4.74 Å². The number of methoxy groups -OCH3 is 1. The Labute approximate surface area is 132 Å². The van der Waals surface area contributed by atoms with Gasteiger partial charge in [0.15, 0.2) is 6.10 Å². The van der Waals surface area contributed by atoms with Crippen molar-refractivity contribution < 1.29 is 24.3 Å². The molecule has 0 aliphatic carbocycles. The lowest BCUT2D eigenvalue weighted by Crippen LogP contribution is -2.15. The maximum absolute atomic E-state index is 11.8. The second kappa shape index (κ2) is 7.37. The van der Waals surface area contributed by atoms with Crippen LogP contribution in [0.3, 0.4) is 0 Å². The van der Waals surface area contributed by atoms with Crippen molar-refractivity contribution in [3.8, 4) is 5.75 Å². The third-order valence-electron chi connectivity index (χ3n) is 3.18. The van der Waals surface area contributed by atoms with Crippen molar-refractivity contribution >= 4 is 11.7 Å². The van der Waals surface area contributed by atoms with Crippen molar-refractivity contribution in [3.05, 3.63) is 69.8 Å². The lowest BCUT2D eigenvalue weighted by molar-refractivity contribution is -0.384. The van der Waals surface area contributed by atoms with E-state index in [1.807, 2.05) is 0 Å². The van der Waals surface area contributed by atoms with Crippen LogP contribution in [0.4, 0.5) is 5.69 Å². The summed E-state index contributed by atoms with van der Waals surface area (Å²) in [6.07, 6.45) is -1.40. The smallest absolute Gasteiger partial charge is 0.339 e. The monoisotopic (exact) mass is 317 g/mol. The summed E-state index contributed by atoms with van der Waals surface area (Å²) in [6, 6.07) is 12.0. The molecule has 7 heteroatoms. The van der Waals surface area contributed by atoms with Crippen LogP contribution in [0.1, 0.15) is 17.2 Å². The van der Waals surface area contributed by atoms with E-state index < -0.39 is 17.0 Å². The van der Waals surface area contributed by atoms with Gasteiger partial charge in [-0.1, -0.05) is 12.1 Å². The van der Waals surface area contributed by atoms with Gasteiger partial charge in [-0.3, -0.25) is 10.1 Å². The van der Waals surface area contributed by atoms with Crippen LogP contribution >= 0.6 is 0 Å². The van der Waals surface area contributed by atoms with E-state index in [2.05, 4.69) is 0 Å². The molecule has 0 saturated heterocycles. The Morgan fingerprint density at radius 1 is 1.17 bits per heavy atom. The van der Waals surface area contributed by atoms with Crippen molar-refractivity contribution in [1.29, 1.82) is 0 Å². The van der Waals surface area contributed by atoms with E-state index in [1.165, 1.54) is 31.4 Å². The predicted octanol–water partition coefficient (Wildman–Crippen LogP) is 2.38. The van der Waals surface area contributed by atoms with Gasteiger partial charge in [-0.15, -0.1) is 0 Å². The van der Waals surface area contributed by atoms with Crippen molar-refractivity contribution in [1.82, 2.24) is 0 Å². The van der Waals surface area contributed by atoms with E-state index in [1.54, 1.807) is 24.3 Å². The number of nitrogens with zero attached hydrogens (tertiary/aromatic N) is 1. The van der Waals surface area contributed by atoms with Crippen molar-refractivity contribution in [3.63, 3.8) is 0 Å². The van der Waals surface area contributed by atoms with Crippen LogP contribution in [0.5, 0.6) is 5.75 Å². The van der Waals surface area contributed by atoms with Gasteiger partial charge in [-0.2, -0.15) is 0 Å². The molecule has 2 aromatic rings. The van der Waals surface area contributed by atoms with Crippen LogP contribution in [0.15, 0.2) is 48.5 Å². The van der Waals surface area contributed by atoms with E-state index in [9.17, 15) is 20.0 Å². The number of ether oxygens (including phenoxy) is 2. The SMILES string of the molecule is COc1ccc(C(O)C(=O)OCc2ccc([N+](=O)[O-])cc2)cc1. The van der Waals surface area contributed by atoms with E-state index >= 15 is 0 Å². The van der Waals surface area contributed by atoms with Gasteiger partial charge in [0.2, 0.25) is 0 Å². The van der Waals surface area contributed by atoms with E-state index in [-0.39, 0.29) is 12.3 Å². The highest BCUT2D eigenvalue weighted by molar-refractivity contribution is 5.76. The van der Waals surface area contributed by atoms with Gasteiger partial charge in [-0.25, -0.2) is 4.79 Å². The van der Waals surface area contributed by atoms with Crippen molar-refractivity contribution in [2.45, 2.75) is 12.7 Å². The number of carbonyl (C=O) groups is 1. The summed E-state index contributed by atoms with van der Waals surface area (Å²) in [4.78, 5) is 21.9. The quantitative estimate of drug-likeness (QED) is 0.499. The first-order valence-corrected chi connectivity index (χ1v) is 6.73. The van der Waals surface area contributed by atoms with Crippen molar-refractivity contribution in [2.24, 2.45) is 0 Å². The first-order chi connectivity index (χ1) is 11.0. The third-order valence-corrected chi connectivity index (χ3v) is 3.18. The summed E-state index contributed by atoms with van der Waals surface area (Å²) in [5.41, 5.74) is 0.934. The number of rotatable bonds is 6. The van der Waals surface area contributed by atoms with Crippen LogP contribution in [-0.2, 0) is 16.1 Å². The first-order valence-electron chi connectivity index (χ1n) is 6.73. The highest BCUT2D eigenvalue weighted by Gasteiger charge is 2.19. The second-order valence-electron chi connectivity index (χ2n) is 4.71. The molecule has 0 spiro atoms. The van der Waals surface area contributed by atoms with E-state index in [0.717, 1.165) is 0 Å². The fraction of sp³-hybridized carbons (Fsp3) is 0.188. The van der Waals surface area contributed by atoms with E-state index in [4.69, 9.17) is 9.47 Å². The Morgan fingerprint density at radius 3 is 2.30 bits per heavy atom. The van der Waals surface area contributed by atoms with Crippen molar-refractivity contribution in [2.75, 3.05) is 7.11 Å². The lowest BCUT2D eigenvalue weighted by Gasteiger charge is -2.11. The number of hydrogen-bond donors (Lipinski definition) is 1. The number of non-ortho nitro benzene ring substituents is 1. The minimum Gasteiger partial charge on any atom is -0.497 e. The zero-order valence-corrected chi connectivity index (χ0v) is 12.3. The summed E-state index contributed by atoms with van der Waals surface area (Å²) >= 11 is 0. The molecule has 2 rings (SSSR count). The van der Waals surface area contributed by atoms with Crippen LogP contribution in [0, 0.1) is 10.1 Å². The molecule has 1 atom stereocenters. The molecule has 0 aliphatic rings. The molecule has 0 heterocycles. The lowest BCUT2D eigenvalue weighted by atomic mass is 10.1. The molecule has 7 nitrogen and oxygen atoms in total. The minimum absolute atomic E-state index is 0.0432. The van der Waals surface area contributed by atoms with Gasteiger partial charge in [0.05, 0.1) is 12.0 Å². The third kappa shape index (κ3) is 4.27. The maximum atomic E-state index is 11.8. The van der Waals surface area contributed by atoms with Gasteiger partial charge in [0, 0.05) is 12.1 Å². The molecule has 23 heavy (non-hydrogen) atoms. The number of aliphatic hydroxyl groups excluding tert-OH is 1. The van der Waals surface area contributed by atoms with Gasteiger partial charge in [0.25, 0.3) is 5.69 Å². The van der Waals surface area contributed by atoms with Gasteiger partial charge in [0.1, 0.15) is 12.4 Å². The topological polar surface area (TPSA) is 98.9 Å². The van der Waals surface area contributed by atoms with Crippen LogP contribution in [-0.4, -0.2) is 23.1 Å². The molecule has 1 N–H and O–H groups in total. The molecule has 0 aliphatic heterocycles. The fourth-order valence-corrected chi connectivity index (χ4v) is 1.87. The Balaban J connectivity index is 1.93. The van der Waals surface area contributed by atoms with Gasteiger partial charge < -0.3 is 14.6 Å². The number of carbonyl (C=O) groups excluding carboxylic acids is 1. The number of benzene rings is 2. The molecule has 0 fully saturated rings. The summed E-state index contributed by atoms with van der Waals surface area (Å²) in [6.45, 7) is -0.0793. The molecule has 0 bridgehead atoms. The molecule has 1 unspecified atom stereocenters. The Hall–Kier alpha value is -2.93. The van der Waals surface area contributed by atoms with E-state index in [0.29, 0.717) is 16.9 Å². The molecular formula is C16H15NO6. The Bertz CT molecular complexity index is 681. The molecule has 0 amide bonds. The molecule has 120 valence electrons. The standard InChI is InChI=1S/C16H15NO6/c1-22-14-8-4-12(5-9-14)15(18)16(19)23-10-11-2-6-13(7-3-11)17(20)21/h2-9,15,18H,10H2,1H3. The normalized spacial score (nSPS) is 11.6. The molecular weight excluding hydrogens is 302 g/mol. The second-order valence-corrected chi connectivity index (χ2v) is 4.71. The summed E-state index contributed by atoms with van der Waals surface area (Å²) < 4.78 is 10.0. The molecule has 0 saturated carbocycles. The first kappa shape index (κ1) is 16.4. The largest absolute Gasteiger partial charge is 0.497 e. The zero-order valence-electron chi connectivity index (χ0n) is 12.3. The summed E-state index contributed by atoms with van der Waals surface area (Å²) in [5.74, 6) is -0.186. The highest BCUT2D eigenvalue weighted by atomic mass is 16.6. The number of hydrogen-bond acceptors (Lipinski definition) is 6. The highest BCUT2D eigenvalue weighted by Crippen LogP contribution is 2.19. The number of esters is 1. The van der Waals surface area contributed by atoms with Gasteiger partial charge in [-0.05, 0) is 35.4 Å².